The fraction of sp³-hybridized carbons (Fsp3) is 0.300. The third-order valence-corrected chi connectivity index (χ3v) is 4.94. The predicted octanol–water partition coefficient (Wildman–Crippen LogP) is 0.888. The van der Waals surface area contributed by atoms with Crippen molar-refractivity contribution in [1.29, 1.82) is 0 Å². The van der Waals surface area contributed by atoms with Crippen LogP contribution in [-0.2, 0) is 14.4 Å². The van der Waals surface area contributed by atoms with Crippen molar-refractivity contribution < 1.29 is 14.4 Å². The summed E-state index contributed by atoms with van der Waals surface area (Å²) < 4.78 is 1.50. The number of pyridine rings is 1. The molecule has 2 heterocycles. The lowest BCUT2D eigenvalue weighted by Crippen LogP contribution is -2.53. The van der Waals surface area contributed by atoms with Crippen LogP contribution in [-0.4, -0.2) is 39.8 Å². The lowest BCUT2D eigenvalue weighted by Gasteiger charge is -2.36. The summed E-state index contributed by atoms with van der Waals surface area (Å²) in [6, 6.07) is 11.0. The number of nitrogens with one attached hydrogen (secondary N) is 1. The van der Waals surface area contributed by atoms with Crippen LogP contribution >= 0.6 is 0 Å². The van der Waals surface area contributed by atoms with Crippen molar-refractivity contribution in [3.8, 4) is 5.69 Å². The average Bonchev–Trinajstić information content (AvgIpc) is 2.68. The first-order valence-corrected chi connectivity index (χ1v) is 9.02. The summed E-state index contributed by atoms with van der Waals surface area (Å²) in [4.78, 5) is 49.2. The Bertz CT molecular complexity index is 951. The van der Waals surface area contributed by atoms with E-state index in [0.29, 0.717) is 24.3 Å². The first-order valence-electron chi connectivity index (χ1n) is 9.02. The number of hydrogen-bond acceptors (Lipinski definition) is 4. The fourth-order valence-electron chi connectivity index (χ4n) is 3.44. The molecule has 1 fully saturated rings. The van der Waals surface area contributed by atoms with Gasteiger partial charge in [-0.15, -0.1) is 0 Å². The molecule has 2 atom stereocenters. The molecule has 1 aromatic carbocycles. The second kappa shape index (κ2) is 8.08. The van der Waals surface area contributed by atoms with Crippen LogP contribution in [0.3, 0.4) is 0 Å². The van der Waals surface area contributed by atoms with Gasteiger partial charge in [-0.2, -0.15) is 0 Å². The van der Waals surface area contributed by atoms with Gasteiger partial charge in [0.15, 0.2) is 0 Å². The minimum absolute atomic E-state index is 0.144. The van der Waals surface area contributed by atoms with Crippen molar-refractivity contribution in [2.24, 2.45) is 11.7 Å². The molecule has 0 bridgehead atoms. The third kappa shape index (κ3) is 4.11. The largest absolute Gasteiger partial charge is 0.368 e. The van der Waals surface area contributed by atoms with E-state index < -0.39 is 17.9 Å². The van der Waals surface area contributed by atoms with Crippen molar-refractivity contribution in [2.75, 3.05) is 11.9 Å². The zero-order valence-corrected chi connectivity index (χ0v) is 15.5. The van der Waals surface area contributed by atoms with Gasteiger partial charge in [0.25, 0.3) is 5.56 Å². The molecule has 1 aromatic heterocycles. The molecule has 1 aliphatic rings. The Kier molecular flexibility index (Phi) is 5.58. The van der Waals surface area contributed by atoms with Crippen molar-refractivity contribution in [3.63, 3.8) is 0 Å². The van der Waals surface area contributed by atoms with E-state index in [2.05, 4.69) is 5.32 Å². The molecule has 146 valence electrons. The number of aromatic nitrogens is 1. The van der Waals surface area contributed by atoms with Gasteiger partial charge in [0.05, 0.1) is 0 Å². The number of primary amides is 1. The number of hydrogen-bond donors (Lipinski definition) is 2. The van der Waals surface area contributed by atoms with E-state index in [1.807, 2.05) is 0 Å². The number of anilines is 1. The number of carbonyl (C=O) groups excluding carboxylic acids is 3. The number of piperidine rings is 1. The standard InChI is InChI=1S/C20H22N4O4/c1-13(25)23-11-9-14(12-17(23)19(21)27)20(28)22-15-5-7-16(8-6-15)24-10-3-2-4-18(24)26/h2-8,10,14,17H,9,11-12H2,1H3,(H2,21,27)(H,22,28). The second-order valence-electron chi connectivity index (χ2n) is 6.80. The molecule has 1 aliphatic heterocycles. The van der Waals surface area contributed by atoms with Gasteiger partial charge in [0.1, 0.15) is 6.04 Å². The molecule has 0 saturated carbocycles. The van der Waals surface area contributed by atoms with Gasteiger partial charge >= 0.3 is 0 Å². The first kappa shape index (κ1) is 19.3. The van der Waals surface area contributed by atoms with Crippen molar-refractivity contribution in [3.05, 3.63) is 59.0 Å². The minimum Gasteiger partial charge on any atom is -0.368 e. The number of rotatable bonds is 4. The van der Waals surface area contributed by atoms with Crippen LogP contribution in [0.2, 0.25) is 0 Å². The molecule has 3 N–H and O–H groups in total. The lowest BCUT2D eigenvalue weighted by molar-refractivity contribution is -0.142. The van der Waals surface area contributed by atoms with Gasteiger partial charge < -0.3 is 16.0 Å². The Morgan fingerprint density at radius 1 is 1.11 bits per heavy atom. The smallest absolute Gasteiger partial charge is 0.255 e. The minimum atomic E-state index is -0.769. The second-order valence-corrected chi connectivity index (χ2v) is 6.80. The highest BCUT2D eigenvalue weighted by atomic mass is 16.2. The summed E-state index contributed by atoms with van der Waals surface area (Å²) in [7, 11) is 0. The van der Waals surface area contributed by atoms with E-state index in [1.54, 1.807) is 42.6 Å². The van der Waals surface area contributed by atoms with E-state index in [4.69, 9.17) is 5.73 Å². The number of benzene rings is 1. The Labute approximate surface area is 161 Å². The molecule has 2 unspecified atom stereocenters. The number of nitrogens with two attached hydrogens (primary N) is 1. The normalized spacial score (nSPS) is 19.1. The van der Waals surface area contributed by atoms with E-state index in [1.165, 1.54) is 22.5 Å². The molecule has 28 heavy (non-hydrogen) atoms. The Morgan fingerprint density at radius 2 is 1.82 bits per heavy atom. The van der Waals surface area contributed by atoms with Crippen LogP contribution < -0.4 is 16.6 Å². The van der Waals surface area contributed by atoms with Gasteiger partial charge in [-0.1, -0.05) is 6.07 Å². The molecule has 1 saturated heterocycles. The summed E-state index contributed by atoms with van der Waals surface area (Å²) in [6.45, 7) is 1.70. The molecule has 2 aromatic rings. The molecule has 0 radical (unpaired) electrons. The summed E-state index contributed by atoms with van der Waals surface area (Å²) in [5.41, 5.74) is 6.53. The Morgan fingerprint density at radius 3 is 2.43 bits per heavy atom. The zero-order valence-electron chi connectivity index (χ0n) is 15.5. The summed E-state index contributed by atoms with van der Waals surface area (Å²) in [5.74, 6) is -1.47. The SMILES string of the molecule is CC(=O)N1CCC(C(=O)Nc2ccc(-n3ccccc3=O)cc2)CC1C(N)=O. The molecular weight excluding hydrogens is 360 g/mol. The topological polar surface area (TPSA) is 114 Å². The molecule has 0 spiro atoms. The van der Waals surface area contributed by atoms with E-state index in [0.717, 1.165) is 0 Å². The van der Waals surface area contributed by atoms with Crippen LogP contribution in [0, 0.1) is 5.92 Å². The maximum absolute atomic E-state index is 12.6. The summed E-state index contributed by atoms with van der Waals surface area (Å²) >= 11 is 0. The Balaban J connectivity index is 1.68. The highest BCUT2D eigenvalue weighted by Gasteiger charge is 2.36. The Hall–Kier alpha value is -3.42. The van der Waals surface area contributed by atoms with Crippen molar-refractivity contribution in [2.45, 2.75) is 25.8 Å². The maximum Gasteiger partial charge on any atom is 0.255 e. The molecule has 3 amide bonds. The molecule has 3 rings (SSSR count). The van der Waals surface area contributed by atoms with Gasteiger partial charge in [-0.3, -0.25) is 23.7 Å². The van der Waals surface area contributed by atoms with Gasteiger partial charge in [0.2, 0.25) is 17.7 Å². The lowest BCUT2D eigenvalue weighted by atomic mass is 9.89. The van der Waals surface area contributed by atoms with E-state index in [9.17, 15) is 19.2 Å². The molecule has 8 nitrogen and oxygen atoms in total. The van der Waals surface area contributed by atoms with Crippen LogP contribution in [0.25, 0.3) is 5.69 Å². The quantitative estimate of drug-likeness (QED) is 0.817. The van der Waals surface area contributed by atoms with Crippen LogP contribution in [0.15, 0.2) is 53.5 Å². The van der Waals surface area contributed by atoms with Crippen LogP contribution in [0.5, 0.6) is 0 Å². The van der Waals surface area contributed by atoms with Crippen LogP contribution in [0.4, 0.5) is 5.69 Å². The van der Waals surface area contributed by atoms with E-state index in [-0.39, 0.29) is 23.8 Å². The van der Waals surface area contributed by atoms with Crippen LogP contribution in [0.1, 0.15) is 19.8 Å². The number of likely N-dealkylation sites (tertiary alicyclic amines) is 1. The maximum atomic E-state index is 12.6. The summed E-state index contributed by atoms with van der Waals surface area (Å²) in [6.07, 6.45) is 2.34. The molecule has 8 heteroatoms. The van der Waals surface area contributed by atoms with Crippen molar-refractivity contribution in [1.82, 2.24) is 9.47 Å². The van der Waals surface area contributed by atoms with Crippen molar-refractivity contribution >= 4 is 23.4 Å². The molecular formula is C20H22N4O4. The average molecular weight is 382 g/mol. The van der Waals surface area contributed by atoms with E-state index >= 15 is 0 Å². The zero-order chi connectivity index (χ0) is 20.3. The van der Waals surface area contributed by atoms with Gasteiger partial charge in [0, 0.05) is 43.0 Å². The number of nitrogens with zero attached hydrogens (tertiary/aromatic N) is 2. The predicted molar refractivity (Wildman–Crippen MR) is 104 cm³/mol. The fourth-order valence-corrected chi connectivity index (χ4v) is 3.44. The monoisotopic (exact) mass is 382 g/mol. The number of carbonyl (C=O) groups is 3. The summed E-state index contributed by atoms with van der Waals surface area (Å²) in [5, 5.41) is 2.83. The van der Waals surface area contributed by atoms with Gasteiger partial charge in [-0.05, 0) is 43.2 Å². The molecule has 0 aliphatic carbocycles. The van der Waals surface area contributed by atoms with Gasteiger partial charge in [-0.25, -0.2) is 0 Å². The first-order chi connectivity index (χ1) is 13.4. The number of amides is 3. The highest BCUT2D eigenvalue weighted by molar-refractivity contribution is 5.94. The third-order valence-electron chi connectivity index (χ3n) is 4.94. The highest BCUT2D eigenvalue weighted by Crippen LogP contribution is 2.25.